The summed E-state index contributed by atoms with van der Waals surface area (Å²) in [5.74, 6) is 0. The molecule has 0 saturated heterocycles. The summed E-state index contributed by atoms with van der Waals surface area (Å²) in [5.41, 5.74) is 1.37. The van der Waals surface area contributed by atoms with Crippen LogP contribution < -0.4 is 32.2 Å². The first kappa shape index (κ1) is 18.9. The number of hydrogen-bond acceptors (Lipinski definition) is 4. The summed E-state index contributed by atoms with van der Waals surface area (Å²) in [6.07, 6.45) is 5.14. The zero-order valence-electron chi connectivity index (χ0n) is 17.8. The van der Waals surface area contributed by atoms with E-state index in [2.05, 4.69) is 9.97 Å². The van der Waals surface area contributed by atoms with E-state index < -0.39 is 0 Å². The Morgan fingerprint density at radius 1 is 0.500 bits per heavy atom. The third kappa shape index (κ3) is 2.29. The van der Waals surface area contributed by atoms with E-state index in [1.165, 1.54) is 0 Å². The highest BCUT2D eigenvalue weighted by molar-refractivity contribution is 6.13. The Balaban J connectivity index is 1.72. The summed E-state index contributed by atoms with van der Waals surface area (Å²) in [6, 6.07) is 13.5. The molecule has 34 heavy (non-hydrogen) atoms. The molecule has 5 aromatic carbocycles. The number of nitrogens with one attached hydrogen (secondary N) is 2. The van der Waals surface area contributed by atoms with Crippen LogP contribution in [0.2, 0.25) is 0 Å². The fraction of sp³-hybridized carbons (Fsp3) is 0.0714. The van der Waals surface area contributed by atoms with Crippen LogP contribution in [0.4, 0.5) is 0 Å². The lowest BCUT2D eigenvalue weighted by Gasteiger charge is -2.10. The molecular formula is C28H16N2O4. The molecule has 1 aliphatic carbocycles. The summed E-state index contributed by atoms with van der Waals surface area (Å²) in [6.45, 7) is 0. The van der Waals surface area contributed by atoms with Crippen molar-refractivity contribution in [1.82, 2.24) is 9.97 Å². The van der Waals surface area contributed by atoms with Crippen molar-refractivity contribution >= 4 is 66.5 Å². The van der Waals surface area contributed by atoms with Gasteiger partial charge in [-0.25, -0.2) is 0 Å². The number of hydrogen-bond donors (Lipinski definition) is 2. The quantitative estimate of drug-likeness (QED) is 0.277. The molecule has 0 aliphatic heterocycles. The molecule has 1 aliphatic rings. The van der Waals surface area contributed by atoms with Gasteiger partial charge in [-0.2, -0.15) is 0 Å². The number of rotatable bonds is 0. The molecule has 6 heteroatoms. The van der Waals surface area contributed by atoms with Crippen molar-refractivity contribution in [3.05, 3.63) is 99.9 Å². The maximum absolute atomic E-state index is 13.4. The van der Waals surface area contributed by atoms with E-state index in [1.54, 1.807) is 48.5 Å². The maximum atomic E-state index is 13.4. The standard InChI is InChI=1S/C28H16N2O4/c31-25-13-5-1-3-7-15(13)27(33)21-17(25)9-11-19-23(21)29-20-12-10-18-22(24(20)30-19)28(34)16-8-4-2-6-14(16)26(18)32/h1,3,5-12,29-30H,2,4H2. The van der Waals surface area contributed by atoms with Gasteiger partial charge in [0.05, 0.1) is 32.8 Å². The zero-order valence-corrected chi connectivity index (χ0v) is 17.8. The van der Waals surface area contributed by atoms with Gasteiger partial charge in [0, 0.05) is 32.0 Å². The zero-order chi connectivity index (χ0) is 23.1. The van der Waals surface area contributed by atoms with Gasteiger partial charge in [0.2, 0.25) is 0 Å². The summed E-state index contributed by atoms with van der Waals surface area (Å²) in [7, 11) is 0. The highest BCUT2D eigenvalue weighted by Gasteiger charge is 2.17. The van der Waals surface area contributed by atoms with Crippen molar-refractivity contribution < 1.29 is 0 Å². The monoisotopic (exact) mass is 444 g/mol. The molecule has 0 radical (unpaired) electrons. The van der Waals surface area contributed by atoms with Crippen molar-refractivity contribution in [2.24, 2.45) is 0 Å². The normalized spacial score (nSPS) is 13.4. The first-order chi connectivity index (χ1) is 16.5. The molecule has 0 spiro atoms. The molecule has 6 nitrogen and oxygen atoms in total. The van der Waals surface area contributed by atoms with Crippen LogP contribution in [0.25, 0.3) is 66.5 Å². The lowest BCUT2D eigenvalue weighted by molar-refractivity contribution is 1.11. The average molecular weight is 444 g/mol. The summed E-state index contributed by atoms with van der Waals surface area (Å²) in [4.78, 5) is 59.6. The molecule has 162 valence electrons. The molecule has 2 N–H and O–H groups in total. The minimum absolute atomic E-state index is 0.154. The molecule has 0 amide bonds. The second kappa shape index (κ2) is 6.48. The predicted octanol–water partition coefficient (Wildman–Crippen LogP) is 2.34. The van der Waals surface area contributed by atoms with Gasteiger partial charge in [-0.05, 0) is 37.1 Å². The third-order valence-corrected chi connectivity index (χ3v) is 6.93. The average Bonchev–Trinajstić information content (AvgIpc) is 2.88. The minimum Gasteiger partial charge on any atom is -0.351 e. The van der Waals surface area contributed by atoms with Crippen molar-refractivity contribution in [3.63, 3.8) is 0 Å². The van der Waals surface area contributed by atoms with Gasteiger partial charge in [-0.1, -0.05) is 36.4 Å². The Morgan fingerprint density at radius 3 is 1.62 bits per heavy atom. The second-order valence-electron chi connectivity index (χ2n) is 8.75. The van der Waals surface area contributed by atoms with Crippen LogP contribution >= 0.6 is 0 Å². The van der Waals surface area contributed by atoms with Crippen LogP contribution in [-0.4, -0.2) is 9.97 Å². The predicted molar refractivity (Wildman–Crippen MR) is 136 cm³/mol. The van der Waals surface area contributed by atoms with Gasteiger partial charge in [0.15, 0.2) is 21.7 Å². The van der Waals surface area contributed by atoms with E-state index >= 15 is 0 Å². The van der Waals surface area contributed by atoms with E-state index in [4.69, 9.17) is 0 Å². The highest BCUT2D eigenvalue weighted by atomic mass is 16.1. The molecule has 0 fully saturated rings. The Morgan fingerprint density at radius 2 is 1.00 bits per heavy atom. The largest absolute Gasteiger partial charge is 0.351 e. The van der Waals surface area contributed by atoms with Crippen LogP contribution in [0.15, 0.2) is 67.7 Å². The lowest BCUT2D eigenvalue weighted by atomic mass is 9.99. The van der Waals surface area contributed by atoms with Crippen molar-refractivity contribution in [1.29, 1.82) is 0 Å². The van der Waals surface area contributed by atoms with Gasteiger partial charge < -0.3 is 9.97 Å². The number of benzene rings is 5. The van der Waals surface area contributed by atoms with E-state index in [9.17, 15) is 19.2 Å². The number of H-pyrrole nitrogens is 2. The van der Waals surface area contributed by atoms with Crippen molar-refractivity contribution in [3.8, 4) is 0 Å². The molecule has 6 aromatic rings. The van der Waals surface area contributed by atoms with Crippen LogP contribution in [0, 0.1) is 0 Å². The summed E-state index contributed by atoms with van der Waals surface area (Å²) in [5, 5.41) is 3.03. The SMILES string of the molecule is O=c1c2c(c(=O)c3c1ccc1[nH]c4c(ccc5c(=O)c6ccccc6c(=O)c54)[nH]c13)=CCCC=2. The first-order valence-electron chi connectivity index (χ1n) is 11.1. The van der Waals surface area contributed by atoms with Gasteiger partial charge in [-0.15, -0.1) is 0 Å². The third-order valence-electron chi connectivity index (χ3n) is 6.93. The molecule has 0 unspecified atom stereocenters. The highest BCUT2D eigenvalue weighted by Crippen LogP contribution is 2.25. The minimum atomic E-state index is -0.230. The van der Waals surface area contributed by atoms with Gasteiger partial charge in [0.1, 0.15) is 0 Å². The fourth-order valence-corrected chi connectivity index (χ4v) is 5.34. The van der Waals surface area contributed by atoms with Crippen molar-refractivity contribution in [2.75, 3.05) is 0 Å². The topological polar surface area (TPSA) is 99.9 Å². The van der Waals surface area contributed by atoms with Crippen LogP contribution in [-0.2, 0) is 0 Å². The smallest absolute Gasteiger partial charge is 0.196 e. The number of fused-ring (bicyclic) bond motifs is 8. The summed E-state index contributed by atoms with van der Waals surface area (Å²) >= 11 is 0. The lowest BCUT2D eigenvalue weighted by Crippen LogP contribution is -2.49. The van der Waals surface area contributed by atoms with Crippen LogP contribution in [0.3, 0.4) is 0 Å². The molecular weight excluding hydrogens is 428 g/mol. The Bertz CT molecular complexity index is 2260. The van der Waals surface area contributed by atoms with E-state index in [0.29, 0.717) is 64.8 Å². The molecule has 1 aromatic heterocycles. The van der Waals surface area contributed by atoms with Crippen LogP contribution in [0.1, 0.15) is 12.8 Å². The molecule has 0 saturated carbocycles. The first-order valence-corrected chi connectivity index (χ1v) is 11.1. The van der Waals surface area contributed by atoms with Gasteiger partial charge in [-0.3, -0.25) is 19.2 Å². The molecule has 7 rings (SSSR count). The fourth-order valence-electron chi connectivity index (χ4n) is 5.34. The van der Waals surface area contributed by atoms with E-state index in [0.717, 1.165) is 12.8 Å². The second-order valence-corrected chi connectivity index (χ2v) is 8.75. The molecule has 0 bridgehead atoms. The Kier molecular flexibility index (Phi) is 3.61. The van der Waals surface area contributed by atoms with Gasteiger partial charge in [0.25, 0.3) is 0 Å². The molecule has 1 heterocycles. The number of aromatic amines is 2. The maximum Gasteiger partial charge on any atom is 0.196 e. The number of aromatic nitrogens is 2. The van der Waals surface area contributed by atoms with E-state index in [1.807, 2.05) is 12.2 Å². The Labute approximate surface area is 189 Å². The van der Waals surface area contributed by atoms with Crippen LogP contribution in [0.5, 0.6) is 0 Å². The van der Waals surface area contributed by atoms with Crippen molar-refractivity contribution in [2.45, 2.75) is 12.8 Å². The Hall–Kier alpha value is -4.58. The van der Waals surface area contributed by atoms with E-state index in [-0.39, 0.29) is 21.7 Å². The molecule has 0 atom stereocenters. The summed E-state index contributed by atoms with van der Waals surface area (Å²) < 4.78 is 0. The van der Waals surface area contributed by atoms with Gasteiger partial charge >= 0.3 is 0 Å².